The largest absolute Gasteiger partial charge is 0.493 e. The van der Waals surface area contributed by atoms with Crippen LogP contribution in [0.5, 0.6) is 11.5 Å². The third-order valence-electron chi connectivity index (χ3n) is 5.54. The molecule has 2 aromatic rings. The van der Waals surface area contributed by atoms with E-state index in [1.807, 2.05) is 17.2 Å². The molecule has 0 bridgehead atoms. The van der Waals surface area contributed by atoms with E-state index in [1.165, 1.54) is 12.8 Å². The average Bonchev–Trinajstić information content (AvgIpc) is 3.33. The lowest BCUT2D eigenvalue weighted by atomic mass is 10.1. The van der Waals surface area contributed by atoms with Crippen molar-refractivity contribution in [3.63, 3.8) is 0 Å². The highest BCUT2D eigenvalue weighted by molar-refractivity contribution is 5.95. The monoisotopic (exact) mass is 397 g/mol. The molecule has 8 nitrogen and oxygen atoms in total. The predicted octanol–water partition coefficient (Wildman–Crippen LogP) is 2.06. The molecule has 0 N–H and O–H groups in total. The van der Waals surface area contributed by atoms with E-state index >= 15 is 0 Å². The van der Waals surface area contributed by atoms with Crippen LogP contribution in [-0.4, -0.2) is 74.3 Å². The first kappa shape index (κ1) is 19.3. The summed E-state index contributed by atoms with van der Waals surface area (Å²) in [4.78, 5) is 28.4. The quantitative estimate of drug-likeness (QED) is 0.765. The van der Waals surface area contributed by atoms with Gasteiger partial charge in [0.05, 0.1) is 14.2 Å². The molecule has 29 heavy (non-hydrogen) atoms. The van der Waals surface area contributed by atoms with Crippen molar-refractivity contribution in [3.05, 3.63) is 36.0 Å². The Morgan fingerprint density at radius 1 is 0.897 bits per heavy atom. The highest BCUT2D eigenvalue weighted by Gasteiger charge is 2.24. The van der Waals surface area contributed by atoms with Crippen LogP contribution in [0.1, 0.15) is 23.2 Å². The van der Waals surface area contributed by atoms with Crippen LogP contribution in [0.2, 0.25) is 0 Å². The smallest absolute Gasteiger partial charge is 0.254 e. The van der Waals surface area contributed by atoms with E-state index < -0.39 is 0 Å². The summed E-state index contributed by atoms with van der Waals surface area (Å²) in [6.45, 7) is 4.84. The minimum atomic E-state index is 0.00560. The number of carbonyl (C=O) groups excluding carboxylic acids is 1. The van der Waals surface area contributed by atoms with Gasteiger partial charge in [0.2, 0.25) is 5.95 Å². The molecule has 2 saturated heterocycles. The van der Waals surface area contributed by atoms with Crippen LogP contribution in [0.4, 0.5) is 11.8 Å². The Labute approximate surface area is 171 Å². The predicted molar refractivity (Wildman–Crippen MR) is 111 cm³/mol. The van der Waals surface area contributed by atoms with E-state index in [0.717, 1.165) is 37.9 Å². The summed E-state index contributed by atoms with van der Waals surface area (Å²) in [7, 11) is 3.16. The second-order valence-electron chi connectivity index (χ2n) is 7.26. The average molecular weight is 397 g/mol. The molecule has 2 fully saturated rings. The van der Waals surface area contributed by atoms with Crippen molar-refractivity contribution < 1.29 is 14.3 Å². The number of aromatic nitrogens is 2. The molecule has 0 unspecified atom stereocenters. The van der Waals surface area contributed by atoms with Gasteiger partial charge in [-0.05, 0) is 37.1 Å². The van der Waals surface area contributed by atoms with Crippen molar-refractivity contribution in [1.82, 2.24) is 14.9 Å². The molecule has 4 rings (SSSR count). The summed E-state index contributed by atoms with van der Waals surface area (Å²) in [5, 5.41) is 0. The SMILES string of the molecule is COc1ccc(C(=O)N2CCN(c3ccnc(N4CCCC4)n3)CC2)cc1OC. The zero-order chi connectivity index (χ0) is 20.2. The Morgan fingerprint density at radius 2 is 1.62 bits per heavy atom. The number of ether oxygens (including phenoxy) is 2. The van der Waals surface area contributed by atoms with E-state index in [-0.39, 0.29) is 5.91 Å². The minimum Gasteiger partial charge on any atom is -0.493 e. The number of benzene rings is 1. The number of hydrogen-bond acceptors (Lipinski definition) is 7. The summed E-state index contributed by atoms with van der Waals surface area (Å²) >= 11 is 0. The van der Waals surface area contributed by atoms with Gasteiger partial charge in [-0.2, -0.15) is 4.98 Å². The van der Waals surface area contributed by atoms with Gasteiger partial charge in [-0.15, -0.1) is 0 Å². The Kier molecular flexibility index (Phi) is 5.69. The van der Waals surface area contributed by atoms with Gasteiger partial charge >= 0.3 is 0 Å². The molecule has 1 aromatic heterocycles. The van der Waals surface area contributed by atoms with E-state index in [0.29, 0.717) is 30.2 Å². The highest BCUT2D eigenvalue weighted by atomic mass is 16.5. The van der Waals surface area contributed by atoms with E-state index in [2.05, 4.69) is 14.8 Å². The topological polar surface area (TPSA) is 71.0 Å². The summed E-state index contributed by atoms with van der Waals surface area (Å²) in [6.07, 6.45) is 4.23. The summed E-state index contributed by atoms with van der Waals surface area (Å²) in [5.74, 6) is 2.92. The Morgan fingerprint density at radius 3 is 2.31 bits per heavy atom. The normalized spacial score (nSPS) is 16.8. The maximum absolute atomic E-state index is 12.9. The molecule has 0 aliphatic carbocycles. The van der Waals surface area contributed by atoms with Crippen LogP contribution in [0.3, 0.4) is 0 Å². The summed E-state index contributed by atoms with van der Waals surface area (Å²) < 4.78 is 10.6. The number of rotatable bonds is 5. The van der Waals surface area contributed by atoms with Gasteiger partial charge in [0.1, 0.15) is 5.82 Å². The molecule has 1 amide bonds. The van der Waals surface area contributed by atoms with E-state index in [1.54, 1.807) is 32.4 Å². The summed E-state index contributed by atoms with van der Waals surface area (Å²) in [5.41, 5.74) is 0.606. The zero-order valence-electron chi connectivity index (χ0n) is 17.0. The molecule has 1 aromatic carbocycles. The van der Waals surface area contributed by atoms with E-state index in [9.17, 15) is 4.79 Å². The molecule has 154 valence electrons. The fourth-order valence-corrected chi connectivity index (χ4v) is 3.88. The standard InChI is InChI=1S/C21H27N5O3/c1-28-17-6-5-16(15-18(17)29-2)20(27)25-13-11-24(12-14-25)19-7-8-22-21(23-19)26-9-3-4-10-26/h5-8,15H,3-4,9-14H2,1-2H3. The van der Waals surface area contributed by atoms with Crippen molar-refractivity contribution in [2.45, 2.75) is 12.8 Å². The van der Waals surface area contributed by atoms with Crippen molar-refractivity contribution in [3.8, 4) is 11.5 Å². The van der Waals surface area contributed by atoms with Gasteiger partial charge in [-0.1, -0.05) is 0 Å². The lowest BCUT2D eigenvalue weighted by Crippen LogP contribution is -2.49. The van der Waals surface area contributed by atoms with Crippen LogP contribution in [0.15, 0.2) is 30.5 Å². The Balaban J connectivity index is 1.40. The van der Waals surface area contributed by atoms with Crippen LogP contribution in [0, 0.1) is 0 Å². The second-order valence-corrected chi connectivity index (χ2v) is 7.26. The number of carbonyl (C=O) groups is 1. The van der Waals surface area contributed by atoms with Gasteiger partial charge in [0.15, 0.2) is 11.5 Å². The van der Waals surface area contributed by atoms with Crippen LogP contribution < -0.4 is 19.3 Å². The van der Waals surface area contributed by atoms with Crippen molar-refractivity contribution >= 4 is 17.7 Å². The van der Waals surface area contributed by atoms with Crippen LogP contribution >= 0.6 is 0 Å². The second kappa shape index (κ2) is 8.55. The van der Waals surface area contributed by atoms with Gasteiger partial charge in [0, 0.05) is 51.0 Å². The first-order valence-corrected chi connectivity index (χ1v) is 10.0. The molecule has 2 aliphatic rings. The first-order valence-electron chi connectivity index (χ1n) is 10.0. The fraction of sp³-hybridized carbons (Fsp3) is 0.476. The van der Waals surface area contributed by atoms with Crippen molar-refractivity contribution in [2.75, 3.05) is 63.3 Å². The molecule has 2 aliphatic heterocycles. The zero-order valence-corrected chi connectivity index (χ0v) is 17.0. The van der Waals surface area contributed by atoms with Crippen molar-refractivity contribution in [2.24, 2.45) is 0 Å². The van der Waals surface area contributed by atoms with Gasteiger partial charge in [-0.3, -0.25) is 4.79 Å². The van der Waals surface area contributed by atoms with Gasteiger partial charge in [-0.25, -0.2) is 4.98 Å². The van der Waals surface area contributed by atoms with Crippen molar-refractivity contribution in [1.29, 1.82) is 0 Å². The summed E-state index contributed by atoms with van der Waals surface area (Å²) in [6, 6.07) is 7.23. The van der Waals surface area contributed by atoms with Crippen LogP contribution in [0.25, 0.3) is 0 Å². The minimum absolute atomic E-state index is 0.00560. The third kappa shape index (κ3) is 4.06. The third-order valence-corrected chi connectivity index (χ3v) is 5.54. The maximum atomic E-state index is 12.9. The molecule has 0 saturated carbocycles. The van der Waals surface area contributed by atoms with Gasteiger partial charge in [0.25, 0.3) is 5.91 Å². The van der Waals surface area contributed by atoms with Crippen LogP contribution in [-0.2, 0) is 0 Å². The fourth-order valence-electron chi connectivity index (χ4n) is 3.88. The Hall–Kier alpha value is -3.03. The number of methoxy groups -OCH3 is 2. The van der Waals surface area contributed by atoms with Gasteiger partial charge < -0.3 is 24.2 Å². The number of anilines is 2. The lowest BCUT2D eigenvalue weighted by molar-refractivity contribution is 0.0746. The molecule has 8 heteroatoms. The molecular formula is C21H27N5O3. The number of nitrogens with zero attached hydrogens (tertiary/aromatic N) is 5. The molecule has 0 spiro atoms. The first-order chi connectivity index (χ1) is 14.2. The molecule has 0 atom stereocenters. The lowest BCUT2D eigenvalue weighted by Gasteiger charge is -2.35. The number of amides is 1. The Bertz CT molecular complexity index is 861. The number of piperazine rings is 1. The molecule has 3 heterocycles. The molecule has 0 radical (unpaired) electrons. The highest BCUT2D eigenvalue weighted by Crippen LogP contribution is 2.28. The van der Waals surface area contributed by atoms with E-state index in [4.69, 9.17) is 14.5 Å². The maximum Gasteiger partial charge on any atom is 0.254 e. The molecular weight excluding hydrogens is 370 g/mol. The number of hydrogen-bond donors (Lipinski definition) is 0.